The molecule has 1 N–H and O–H groups in total. The van der Waals surface area contributed by atoms with E-state index in [4.69, 9.17) is 4.74 Å². The van der Waals surface area contributed by atoms with Crippen molar-refractivity contribution in [3.05, 3.63) is 72.6 Å². The summed E-state index contributed by atoms with van der Waals surface area (Å²) in [6.07, 6.45) is 3.00. The van der Waals surface area contributed by atoms with Crippen LogP contribution in [-0.4, -0.2) is 23.1 Å². The molecule has 0 fully saturated rings. The Bertz CT molecular complexity index is 1030. The highest BCUT2D eigenvalue weighted by molar-refractivity contribution is 7.94. The van der Waals surface area contributed by atoms with Gasteiger partial charge >= 0.3 is 0 Å². The Morgan fingerprint density at radius 1 is 0.929 bits per heavy atom. The Morgan fingerprint density at radius 3 is 2.21 bits per heavy atom. The van der Waals surface area contributed by atoms with E-state index in [0.717, 1.165) is 16.9 Å². The number of anilines is 1. The van der Waals surface area contributed by atoms with Gasteiger partial charge in [0, 0.05) is 18.0 Å². The molecule has 28 heavy (non-hydrogen) atoms. The van der Waals surface area contributed by atoms with Crippen LogP contribution >= 0.6 is 0 Å². The van der Waals surface area contributed by atoms with E-state index in [1.165, 1.54) is 12.4 Å². The lowest BCUT2D eigenvalue weighted by Gasteiger charge is -2.20. The zero-order chi connectivity index (χ0) is 20.2. The van der Waals surface area contributed by atoms with Crippen molar-refractivity contribution >= 4 is 15.8 Å². The van der Waals surface area contributed by atoms with Gasteiger partial charge in [-0.15, -0.1) is 0 Å². The average Bonchev–Trinajstić information content (AvgIpc) is 2.67. The molecule has 0 aliphatic carbocycles. The minimum absolute atomic E-state index is 0.214. The molecular weight excluding hydrogens is 374 g/mol. The maximum absolute atomic E-state index is 12.5. The van der Waals surface area contributed by atoms with Gasteiger partial charge in [-0.2, -0.15) is 0 Å². The van der Waals surface area contributed by atoms with Crippen LogP contribution in [0.2, 0.25) is 0 Å². The lowest BCUT2D eigenvalue weighted by Crippen LogP contribution is -2.34. The summed E-state index contributed by atoms with van der Waals surface area (Å²) >= 11 is 0. The van der Waals surface area contributed by atoms with Gasteiger partial charge < -0.3 is 4.74 Å². The molecule has 7 heteroatoms. The average molecular weight is 398 g/mol. The first-order chi connectivity index (χ1) is 13.3. The molecule has 0 saturated carbocycles. The minimum Gasteiger partial charge on any atom is -0.489 e. The van der Waals surface area contributed by atoms with Crippen LogP contribution < -0.4 is 9.46 Å². The fourth-order valence-corrected chi connectivity index (χ4v) is 3.06. The van der Waals surface area contributed by atoms with Gasteiger partial charge in [0.25, 0.3) is 0 Å². The molecule has 0 bridgehead atoms. The maximum Gasteiger partial charge on any atom is 0.238 e. The third kappa shape index (κ3) is 4.67. The lowest BCUT2D eigenvalue weighted by atomic mass is 10.1. The number of para-hydroxylation sites is 1. The fourth-order valence-electron chi connectivity index (χ4n) is 2.35. The fraction of sp³-hybridized carbons (Fsp3) is 0.238. The topological polar surface area (TPSA) is 81.2 Å². The van der Waals surface area contributed by atoms with E-state index in [9.17, 15) is 8.42 Å². The first kappa shape index (κ1) is 19.8. The van der Waals surface area contributed by atoms with Gasteiger partial charge in [-0.3, -0.25) is 9.71 Å². The first-order valence-corrected chi connectivity index (χ1v) is 10.4. The van der Waals surface area contributed by atoms with E-state index in [2.05, 4.69) is 14.7 Å². The first-order valence-electron chi connectivity index (χ1n) is 8.87. The molecule has 3 rings (SSSR count). The second-order valence-electron chi connectivity index (χ2n) is 7.27. The van der Waals surface area contributed by atoms with E-state index in [-0.39, 0.29) is 5.82 Å². The highest BCUT2D eigenvalue weighted by Crippen LogP contribution is 2.27. The van der Waals surface area contributed by atoms with E-state index >= 15 is 0 Å². The number of nitrogens with zero attached hydrogens (tertiary/aromatic N) is 2. The normalized spacial score (nSPS) is 11.8. The molecule has 146 valence electrons. The highest BCUT2D eigenvalue weighted by atomic mass is 32.2. The van der Waals surface area contributed by atoms with Crippen LogP contribution in [0.5, 0.6) is 5.75 Å². The van der Waals surface area contributed by atoms with Gasteiger partial charge in [-0.25, -0.2) is 13.4 Å². The molecule has 0 radical (unpaired) electrons. The quantitative estimate of drug-likeness (QED) is 0.672. The monoisotopic (exact) mass is 397 g/mol. The van der Waals surface area contributed by atoms with Crippen LogP contribution in [0.1, 0.15) is 26.3 Å². The molecule has 1 aromatic heterocycles. The third-order valence-electron chi connectivity index (χ3n) is 4.11. The summed E-state index contributed by atoms with van der Waals surface area (Å²) in [7, 11) is -3.60. The second kappa shape index (κ2) is 7.98. The van der Waals surface area contributed by atoms with Crippen LogP contribution in [0.25, 0.3) is 11.3 Å². The number of benzene rings is 2. The number of rotatable bonds is 6. The number of aromatic nitrogens is 2. The summed E-state index contributed by atoms with van der Waals surface area (Å²) in [5.41, 5.74) is 2.24. The van der Waals surface area contributed by atoms with Crippen molar-refractivity contribution in [2.24, 2.45) is 0 Å². The molecule has 1 heterocycles. The van der Waals surface area contributed by atoms with Crippen LogP contribution in [0.3, 0.4) is 0 Å². The Morgan fingerprint density at radius 2 is 1.57 bits per heavy atom. The number of hydrogen-bond donors (Lipinski definition) is 1. The van der Waals surface area contributed by atoms with E-state index in [1.54, 1.807) is 20.8 Å². The number of hydrogen-bond acceptors (Lipinski definition) is 5. The smallest absolute Gasteiger partial charge is 0.238 e. The van der Waals surface area contributed by atoms with Gasteiger partial charge in [0.05, 0.1) is 4.75 Å². The largest absolute Gasteiger partial charge is 0.489 e. The molecule has 0 spiro atoms. The Kier molecular flexibility index (Phi) is 5.65. The van der Waals surface area contributed by atoms with E-state index in [0.29, 0.717) is 12.3 Å². The van der Waals surface area contributed by atoms with Crippen molar-refractivity contribution in [2.45, 2.75) is 32.1 Å². The summed E-state index contributed by atoms with van der Waals surface area (Å²) in [4.78, 5) is 8.49. The summed E-state index contributed by atoms with van der Waals surface area (Å²) in [5.74, 6) is 1.02. The van der Waals surface area contributed by atoms with Crippen LogP contribution in [0, 0.1) is 0 Å². The van der Waals surface area contributed by atoms with Crippen LogP contribution in [0.4, 0.5) is 5.82 Å². The summed E-state index contributed by atoms with van der Waals surface area (Å²) < 4.78 is 32.3. The Labute approximate surface area is 165 Å². The van der Waals surface area contributed by atoms with Crippen molar-refractivity contribution in [2.75, 3.05) is 4.72 Å². The van der Waals surface area contributed by atoms with Crippen molar-refractivity contribution in [3.63, 3.8) is 0 Å². The van der Waals surface area contributed by atoms with Crippen LogP contribution in [0.15, 0.2) is 67.0 Å². The number of nitrogens with one attached hydrogen (secondary N) is 1. The summed E-state index contributed by atoms with van der Waals surface area (Å²) in [5, 5.41) is 0. The van der Waals surface area contributed by atoms with Gasteiger partial charge in [0.2, 0.25) is 10.0 Å². The predicted octanol–water partition coefficient (Wildman–Crippen LogP) is 4.26. The summed E-state index contributed by atoms with van der Waals surface area (Å²) in [6, 6.07) is 17.2. The van der Waals surface area contributed by atoms with Crippen molar-refractivity contribution in [1.82, 2.24) is 9.97 Å². The zero-order valence-electron chi connectivity index (χ0n) is 16.1. The van der Waals surface area contributed by atoms with E-state index < -0.39 is 14.8 Å². The zero-order valence-corrected chi connectivity index (χ0v) is 16.9. The molecule has 2 aromatic carbocycles. The van der Waals surface area contributed by atoms with Crippen molar-refractivity contribution in [1.29, 1.82) is 0 Å². The number of sulfonamides is 1. The molecule has 6 nitrogen and oxygen atoms in total. The summed E-state index contributed by atoms with van der Waals surface area (Å²) in [6.45, 7) is 5.33. The molecule has 0 aliphatic rings. The Hall–Kier alpha value is -2.93. The molecule has 0 saturated heterocycles. The molecule has 0 amide bonds. The van der Waals surface area contributed by atoms with Gasteiger partial charge in [-0.1, -0.05) is 42.5 Å². The third-order valence-corrected chi connectivity index (χ3v) is 6.19. The molecule has 0 atom stereocenters. The van der Waals surface area contributed by atoms with Gasteiger partial charge in [0.15, 0.2) is 5.82 Å². The molecule has 0 aliphatic heterocycles. The molecule has 3 aromatic rings. The highest BCUT2D eigenvalue weighted by Gasteiger charge is 2.30. The molecule has 0 unspecified atom stereocenters. The van der Waals surface area contributed by atoms with Crippen LogP contribution in [-0.2, 0) is 16.6 Å². The van der Waals surface area contributed by atoms with Gasteiger partial charge in [0.1, 0.15) is 18.1 Å². The minimum atomic E-state index is -3.60. The molecular formula is C21H23N3O3S. The van der Waals surface area contributed by atoms with E-state index in [1.807, 2.05) is 54.6 Å². The predicted molar refractivity (Wildman–Crippen MR) is 111 cm³/mol. The van der Waals surface area contributed by atoms with Gasteiger partial charge in [-0.05, 0) is 38.5 Å². The van der Waals surface area contributed by atoms with Crippen molar-refractivity contribution < 1.29 is 13.2 Å². The SMILES string of the molecule is CC(C)(C)S(=O)(=O)Nc1nccnc1-c1ccc(COc2ccccc2)cc1. The Balaban J connectivity index is 1.79. The second-order valence-corrected chi connectivity index (χ2v) is 9.71. The lowest BCUT2D eigenvalue weighted by molar-refractivity contribution is 0.306. The standard InChI is InChI=1S/C21H23N3O3S/c1-21(2,3)28(25,26)24-20-19(22-13-14-23-20)17-11-9-16(10-12-17)15-27-18-7-5-4-6-8-18/h4-14H,15H2,1-3H3,(H,23,24). The number of ether oxygens (including phenoxy) is 1. The maximum atomic E-state index is 12.5. The van der Waals surface area contributed by atoms with Crippen molar-refractivity contribution in [3.8, 4) is 17.0 Å².